The molecule has 4 aliphatic rings. The number of piperidine rings is 2. The van der Waals surface area contributed by atoms with Crippen molar-refractivity contribution in [2.75, 3.05) is 72.5 Å². The van der Waals surface area contributed by atoms with Gasteiger partial charge in [-0.2, -0.15) is 0 Å². The fraction of sp³-hybridized carbons (Fsp3) is 0.957. The third kappa shape index (κ3) is 5.08. The summed E-state index contributed by atoms with van der Waals surface area (Å²) in [4.78, 5) is 15.9. The van der Waals surface area contributed by atoms with Gasteiger partial charge in [-0.15, -0.1) is 0 Å². The van der Waals surface area contributed by atoms with Crippen LogP contribution < -0.4 is 5.32 Å². The second-order valence-electron chi connectivity index (χ2n) is 9.88. The standard InChI is InChI=1S/C23H44N6/c1-3-24-22(28-16-9-21(19-28)27-12-7-8-13-27)25-20-23(10-17-26(2)18-11-23)29-14-5-4-6-15-29/h21H,3-20H2,1-2H3,(H,24,25). The molecule has 0 radical (unpaired) electrons. The third-order valence-electron chi connectivity index (χ3n) is 7.92. The zero-order chi connectivity index (χ0) is 20.1. The van der Waals surface area contributed by atoms with Gasteiger partial charge in [0.15, 0.2) is 5.96 Å². The van der Waals surface area contributed by atoms with E-state index in [-0.39, 0.29) is 5.54 Å². The third-order valence-corrected chi connectivity index (χ3v) is 7.92. The Bertz CT molecular complexity index is 529. The highest BCUT2D eigenvalue weighted by molar-refractivity contribution is 5.80. The Morgan fingerprint density at radius 1 is 0.931 bits per heavy atom. The molecule has 0 aromatic carbocycles. The fourth-order valence-corrected chi connectivity index (χ4v) is 5.96. The first-order chi connectivity index (χ1) is 14.2. The predicted octanol–water partition coefficient (Wildman–Crippen LogP) is 2.07. The minimum atomic E-state index is 0.279. The van der Waals surface area contributed by atoms with Crippen molar-refractivity contribution in [1.29, 1.82) is 0 Å². The SMILES string of the molecule is CCNC(=NCC1(N2CCCCC2)CCN(C)CC1)N1CCC(N2CCCC2)C1. The second-order valence-corrected chi connectivity index (χ2v) is 9.88. The number of nitrogens with zero attached hydrogens (tertiary/aromatic N) is 5. The van der Waals surface area contributed by atoms with Crippen LogP contribution in [0.1, 0.15) is 58.3 Å². The number of aliphatic imine (C=N–C) groups is 1. The maximum Gasteiger partial charge on any atom is 0.194 e. The van der Waals surface area contributed by atoms with Crippen LogP contribution in [0.2, 0.25) is 0 Å². The predicted molar refractivity (Wildman–Crippen MR) is 122 cm³/mol. The summed E-state index contributed by atoms with van der Waals surface area (Å²) in [5.74, 6) is 1.17. The van der Waals surface area contributed by atoms with Crippen LogP contribution in [0.5, 0.6) is 0 Å². The van der Waals surface area contributed by atoms with Crippen molar-refractivity contribution < 1.29 is 0 Å². The monoisotopic (exact) mass is 404 g/mol. The van der Waals surface area contributed by atoms with Crippen molar-refractivity contribution in [1.82, 2.24) is 24.9 Å². The average Bonchev–Trinajstić information content (AvgIpc) is 3.45. The first-order valence-corrected chi connectivity index (χ1v) is 12.4. The average molecular weight is 405 g/mol. The summed E-state index contributed by atoms with van der Waals surface area (Å²) in [6.45, 7) is 14.0. The molecule has 6 nitrogen and oxygen atoms in total. The summed E-state index contributed by atoms with van der Waals surface area (Å²) in [6, 6.07) is 0.737. The summed E-state index contributed by atoms with van der Waals surface area (Å²) < 4.78 is 0. The molecule has 4 saturated heterocycles. The molecule has 4 heterocycles. The van der Waals surface area contributed by atoms with Gasteiger partial charge in [0.2, 0.25) is 0 Å². The van der Waals surface area contributed by atoms with Crippen molar-refractivity contribution in [2.45, 2.75) is 69.9 Å². The van der Waals surface area contributed by atoms with E-state index in [2.05, 4.69) is 38.9 Å². The molecule has 166 valence electrons. The molecular formula is C23H44N6. The lowest BCUT2D eigenvalue weighted by molar-refractivity contribution is 0.0206. The minimum absolute atomic E-state index is 0.279. The van der Waals surface area contributed by atoms with E-state index in [0.29, 0.717) is 0 Å². The number of likely N-dealkylation sites (tertiary alicyclic amines) is 4. The molecule has 4 aliphatic heterocycles. The van der Waals surface area contributed by atoms with Crippen LogP contribution in [0.15, 0.2) is 4.99 Å². The maximum atomic E-state index is 5.31. The van der Waals surface area contributed by atoms with Gasteiger partial charge in [0.05, 0.1) is 6.54 Å². The molecule has 0 bridgehead atoms. The molecule has 0 amide bonds. The van der Waals surface area contributed by atoms with Crippen LogP contribution in [0.25, 0.3) is 0 Å². The lowest BCUT2D eigenvalue weighted by atomic mass is 9.84. The lowest BCUT2D eigenvalue weighted by Gasteiger charge is -2.49. The van der Waals surface area contributed by atoms with Crippen LogP contribution in [0.4, 0.5) is 0 Å². The van der Waals surface area contributed by atoms with Crippen LogP contribution in [0.3, 0.4) is 0 Å². The van der Waals surface area contributed by atoms with E-state index in [1.165, 1.54) is 96.6 Å². The second kappa shape index (κ2) is 9.97. The van der Waals surface area contributed by atoms with Gasteiger partial charge in [0.25, 0.3) is 0 Å². The summed E-state index contributed by atoms with van der Waals surface area (Å²) >= 11 is 0. The van der Waals surface area contributed by atoms with Gasteiger partial charge in [0.1, 0.15) is 0 Å². The highest BCUT2D eigenvalue weighted by Crippen LogP contribution is 2.32. The van der Waals surface area contributed by atoms with Gasteiger partial charge in [-0.05, 0) is 98.2 Å². The van der Waals surface area contributed by atoms with E-state index in [0.717, 1.165) is 32.2 Å². The highest BCUT2D eigenvalue weighted by atomic mass is 15.4. The number of hydrogen-bond acceptors (Lipinski definition) is 4. The smallest absolute Gasteiger partial charge is 0.194 e. The van der Waals surface area contributed by atoms with Crippen LogP contribution in [0, 0.1) is 0 Å². The molecule has 29 heavy (non-hydrogen) atoms. The lowest BCUT2D eigenvalue weighted by Crippen LogP contribution is -2.58. The number of rotatable bonds is 5. The van der Waals surface area contributed by atoms with Gasteiger partial charge in [0, 0.05) is 31.2 Å². The van der Waals surface area contributed by atoms with E-state index in [1.54, 1.807) is 0 Å². The normalized spacial score (nSPS) is 30.2. The van der Waals surface area contributed by atoms with Gasteiger partial charge >= 0.3 is 0 Å². The zero-order valence-corrected chi connectivity index (χ0v) is 19.0. The van der Waals surface area contributed by atoms with Crippen molar-refractivity contribution in [3.8, 4) is 0 Å². The van der Waals surface area contributed by atoms with E-state index in [9.17, 15) is 0 Å². The molecule has 0 aliphatic carbocycles. The Kier molecular flexibility index (Phi) is 7.35. The van der Waals surface area contributed by atoms with E-state index in [4.69, 9.17) is 4.99 Å². The van der Waals surface area contributed by atoms with Crippen molar-refractivity contribution in [3.05, 3.63) is 0 Å². The summed E-state index contributed by atoms with van der Waals surface area (Å²) in [5, 5.41) is 3.63. The first kappa shape index (κ1) is 21.4. The van der Waals surface area contributed by atoms with Crippen LogP contribution in [-0.4, -0.2) is 110 Å². The van der Waals surface area contributed by atoms with Crippen molar-refractivity contribution in [3.63, 3.8) is 0 Å². The van der Waals surface area contributed by atoms with Gasteiger partial charge < -0.3 is 15.1 Å². The minimum Gasteiger partial charge on any atom is -0.357 e. The van der Waals surface area contributed by atoms with Gasteiger partial charge in [-0.3, -0.25) is 14.8 Å². The summed E-state index contributed by atoms with van der Waals surface area (Å²) in [7, 11) is 2.27. The molecule has 0 aromatic heterocycles. The van der Waals surface area contributed by atoms with E-state index in [1.807, 2.05) is 0 Å². The molecule has 4 fully saturated rings. The quantitative estimate of drug-likeness (QED) is 0.561. The molecule has 1 unspecified atom stereocenters. The molecule has 1 atom stereocenters. The highest BCUT2D eigenvalue weighted by Gasteiger charge is 2.40. The number of guanidine groups is 1. The van der Waals surface area contributed by atoms with Gasteiger partial charge in [-0.25, -0.2) is 0 Å². The Labute approximate surface area is 178 Å². The van der Waals surface area contributed by atoms with E-state index < -0.39 is 0 Å². The maximum absolute atomic E-state index is 5.31. The van der Waals surface area contributed by atoms with Gasteiger partial charge in [-0.1, -0.05) is 6.42 Å². The number of nitrogens with one attached hydrogen (secondary N) is 1. The topological polar surface area (TPSA) is 37.4 Å². The molecule has 0 saturated carbocycles. The Morgan fingerprint density at radius 3 is 2.31 bits per heavy atom. The summed E-state index contributed by atoms with van der Waals surface area (Å²) in [6.07, 6.45) is 10.7. The number of hydrogen-bond donors (Lipinski definition) is 1. The Balaban J connectivity index is 1.44. The van der Waals surface area contributed by atoms with Crippen LogP contribution in [-0.2, 0) is 0 Å². The molecule has 4 rings (SSSR count). The molecular weight excluding hydrogens is 360 g/mol. The Hall–Kier alpha value is -0.850. The van der Waals surface area contributed by atoms with E-state index >= 15 is 0 Å². The molecule has 1 N–H and O–H groups in total. The van der Waals surface area contributed by atoms with Crippen LogP contribution >= 0.6 is 0 Å². The zero-order valence-electron chi connectivity index (χ0n) is 19.0. The molecule has 0 spiro atoms. The largest absolute Gasteiger partial charge is 0.357 e. The fourth-order valence-electron chi connectivity index (χ4n) is 5.96. The van der Waals surface area contributed by atoms with Crippen molar-refractivity contribution >= 4 is 5.96 Å². The Morgan fingerprint density at radius 2 is 1.62 bits per heavy atom. The first-order valence-electron chi connectivity index (χ1n) is 12.4. The molecule has 0 aromatic rings. The van der Waals surface area contributed by atoms with Crippen molar-refractivity contribution in [2.24, 2.45) is 4.99 Å². The molecule has 6 heteroatoms. The summed E-state index contributed by atoms with van der Waals surface area (Å²) in [5.41, 5.74) is 0.279.